The molecule has 15 heteroatoms. The Kier molecular flexibility index (Phi) is 8.16. The molecule has 0 spiro atoms. The number of nitrogens with zero attached hydrogens (tertiary/aromatic N) is 7. The molecule has 6 rings (SSSR count). The second-order valence-electron chi connectivity index (χ2n) is 12.8. The zero-order valence-corrected chi connectivity index (χ0v) is 26.6. The van der Waals surface area contributed by atoms with Gasteiger partial charge in [-0.25, -0.2) is 33.5 Å². The first kappa shape index (κ1) is 32.0. The number of hydrogen-bond donors (Lipinski definition) is 2. The van der Waals surface area contributed by atoms with E-state index >= 15 is 0 Å². The van der Waals surface area contributed by atoms with Gasteiger partial charge in [0.05, 0.1) is 24.2 Å². The van der Waals surface area contributed by atoms with Gasteiger partial charge in [0.1, 0.15) is 12.9 Å². The molecule has 12 nitrogen and oxygen atoms in total. The Morgan fingerprint density at radius 2 is 1.81 bits per heavy atom. The lowest BCUT2D eigenvalue weighted by Gasteiger charge is -2.38. The zero-order valence-electron chi connectivity index (χ0n) is 25.8. The van der Waals surface area contributed by atoms with Crippen molar-refractivity contribution in [2.24, 2.45) is 16.1 Å². The van der Waals surface area contributed by atoms with E-state index in [-0.39, 0.29) is 17.8 Å². The quantitative estimate of drug-likeness (QED) is 0.261. The molecule has 4 heterocycles. The molecule has 1 fully saturated rings. The molecular weight excluding hydrogens is 632 g/mol. The summed E-state index contributed by atoms with van der Waals surface area (Å²) in [6.07, 6.45) is 3.96. The van der Waals surface area contributed by atoms with Gasteiger partial charge >= 0.3 is 6.09 Å². The number of carbonyl (C=O) groups is 2. The average molecular weight is 664 g/mol. The number of hydrogen-bond acceptors (Lipinski definition) is 9. The fourth-order valence-corrected chi connectivity index (χ4v) is 6.09. The molecule has 2 aliphatic rings. The first-order valence-electron chi connectivity index (χ1n) is 14.8. The summed E-state index contributed by atoms with van der Waals surface area (Å²) in [7, 11) is 0. The number of H-pyrrole nitrogens is 1. The Labute approximate surface area is 274 Å². The molecule has 47 heavy (non-hydrogen) atoms. The number of likely N-dealkylation sites (tertiary alicyclic amines) is 1. The van der Waals surface area contributed by atoms with Gasteiger partial charge in [-0.1, -0.05) is 62.7 Å². The summed E-state index contributed by atoms with van der Waals surface area (Å²) in [5.41, 5.74) is 7.08. The summed E-state index contributed by atoms with van der Waals surface area (Å²) in [5, 5.41) is 7.01. The number of nitrogens with one attached hydrogen (secondary N) is 1. The van der Waals surface area contributed by atoms with E-state index in [0.29, 0.717) is 33.4 Å². The van der Waals surface area contributed by atoms with Gasteiger partial charge in [-0.2, -0.15) is 5.10 Å². The predicted octanol–water partition coefficient (Wildman–Crippen LogP) is 5.20. The largest absolute Gasteiger partial charge is 0.447 e. The summed E-state index contributed by atoms with van der Waals surface area (Å²) >= 11 is 6.50. The molecule has 1 unspecified atom stereocenters. The Balaban J connectivity index is 1.39. The van der Waals surface area contributed by atoms with Crippen LogP contribution in [-0.4, -0.2) is 78.5 Å². The van der Waals surface area contributed by atoms with Gasteiger partial charge in [-0.05, 0) is 41.2 Å². The van der Waals surface area contributed by atoms with E-state index in [1.807, 2.05) is 32.9 Å². The van der Waals surface area contributed by atoms with E-state index in [1.54, 1.807) is 48.8 Å². The number of guanidine groups is 1. The number of halogens is 3. The van der Waals surface area contributed by atoms with E-state index in [1.165, 1.54) is 11.2 Å². The van der Waals surface area contributed by atoms with Crippen molar-refractivity contribution < 1.29 is 23.1 Å². The van der Waals surface area contributed by atoms with Crippen LogP contribution in [0.3, 0.4) is 0 Å². The summed E-state index contributed by atoms with van der Waals surface area (Å²) < 4.78 is 32.6. The first-order valence-corrected chi connectivity index (χ1v) is 15.2. The topological polar surface area (TPSA) is 156 Å². The number of aromatic amines is 1. The number of nitrogens with two attached hydrogens (primary N) is 1. The molecule has 2 aromatic carbocycles. The van der Waals surface area contributed by atoms with Crippen LogP contribution in [0.1, 0.15) is 44.4 Å². The second kappa shape index (κ2) is 12.0. The second-order valence-corrected chi connectivity index (χ2v) is 13.2. The fourth-order valence-electron chi connectivity index (χ4n) is 5.89. The number of carbonyl (C=O) groups excluding carboxylic acids is 2. The van der Waals surface area contributed by atoms with E-state index in [4.69, 9.17) is 27.1 Å². The van der Waals surface area contributed by atoms with Crippen LogP contribution >= 0.6 is 11.6 Å². The molecular formula is C32H32ClF2N9O3. The number of amides is 2. The minimum Gasteiger partial charge on any atom is -0.447 e. The SMILES string of the molecule is CC(C)(C)C[C@]1(c2ccc(-c3ncccn3)cc2)N=C(N)N(C(COC(=O)N2CC(F)(F)C2)c2ccc(Cl)c(-c3ncn[nH]3)c2)C1=O. The highest BCUT2D eigenvalue weighted by atomic mass is 35.5. The maximum absolute atomic E-state index is 14.8. The van der Waals surface area contributed by atoms with Gasteiger partial charge in [0, 0.05) is 23.5 Å². The van der Waals surface area contributed by atoms with Crippen molar-refractivity contribution in [3.63, 3.8) is 0 Å². The lowest BCUT2D eigenvalue weighted by Crippen LogP contribution is -2.58. The van der Waals surface area contributed by atoms with Crippen LogP contribution < -0.4 is 5.73 Å². The molecule has 1 saturated heterocycles. The number of alkyl halides is 2. The lowest BCUT2D eigenvalue weighted by atomic mass is 9.75. The highest BCUT2D eigenvalue weighted by molar-refractivity contribution is 6.33. The standard InChI is InChI=1S/C32H32ClF2N9O3/c1-30(2,3)15-32(21-8-5-19(6-9-21)25-37-11-4-12-38-25)27(45)44(28(36)41-32)24(14-47-29(46)43-16-31(34,35)17-43)20-7-10-23(33)22(13-20)26-39-18-40-42-26/h4-13,18,24H,14-17H2,1-3H3,(H2,36,41)(H,39,40,42)/t24?,32-/m1/s1. The van der Waals surface area contributed by atoms with E-state index in [9.17, 15) is 18.4 Å². The summed E-state index contributed by atoms with van der Waals surface area (Å²) in [6.45, 7) is 4.07. The van der Waals surface area contributed by atoms with Gasteiger partial charge in [0.25, 0.3) is 11.8 Å². The Morgan fingerprint density at radius 3 is 2.43 bits per heavy atom. The van der Waals surface area contributed by atoms with Crippen molar-refractivity contribution in [3.8, 4) is 22.8 Å². The van der Waals surface area contributed by atoms with Crippen LogP contribution in [0.5, 0.6) is 0 Å². The summed E-state index contributed by atoms with van der Waals surface area (Å²) in [6, 6.07) is 12.9. The van der Waals surface area contributed by atoms with Crippen LogP contribution in [0, 0.1) is 5.41 Å². The number of benzene rings is 2. The van der Waals surface area contributed by atoms with Crippen LogP contribution in [0.25, 0.3) is 22.8 Å². The van der Waals surface area contributed by atoms with Gasteiger partial charge in [0.2, 0.25) is 0 Å². The maximum Gasteiger partial charge on any atom is 0.410 e. The molecule has 0 bridgehead atoms. The molecule has 244 valence electrons. The van der Waals surface area contributed by atoms with Crippen LogP contribution in [0.15, 0.2) is 72.2 Å². The number of aromatic nitrogens is 5. The van der Waals surface area contributed by atoms with E-state index < -0.39 is 49.2 Å². The molecule has 2 aliphatic heterocycles. The average Bonchev–Trinajstić information content (AvgIpc) is 3.63. The Hall–Kier alpha value is -4.98. The molecule has 2 aromatic heterocycles. The van der Waals surface area contributed by atoms with Crippen molar-refractivity contribution in [2.75, 3.05) is 19.7 Å². The van der Waals surface area contributed by atoms with Crippen LogP contribution in [0.4, 0.5) is 13.6 Å². The minimum atomic E-state index is -2.97. The van der Waals surface area contributed by atoms with Gasteiger partial charge in [-0.3, -0.25) is 19.7 Å². The zero-order chi connectivity index (χ0) is 33.6. The predicted molar refractivity (Wildman–Crippen MR) is 169 cm³/mol. The highest BCUT2D eigenvalue weighted by Gasteiger charge is 2.53. The summed E-state index contributed by atoms with van der Waals surface area (Å²) in [4.78, 5) is 47.4. The molecule has 0 saturated carbocycles. The van der Waals surface area contributed by atoms with Gasteiger partial charge in [-0.15, -0.1) is 0 Å². The third-order valence-electron chi connectivity index (χ3n) is 7.92. The van der Waals surface area contributed by atoms with E-state index in [2.05, 4.69) is 25.1 Å². The third-order valence-corrected chi connectivity index (χ3v) is 8.25. The minimum absolute atomic E-state index is 0.0950. The van der Waals surface area contributed by atoms with Crippen LogP contribution in [0.2, 0.25) is 5.02 Å². The fraction of sp³-hybridized carbons (Fsp3) is 0.344. The normalized spacial score (nSPS) is 19.7. The third kappa shape index (κ3) is 6.37. The van der Waals surface area contributed by atoms with Crippen molar-refractivity contribution in [1.29, 1.82) is 0 Å². The number of ether oxygens (including phenoxy) is 1. The van der Waals surface area contributed by atoms with Crippen molar-refractivity contribution >= 4 is 29.6 Å². The lowest BCUT2D eigenvalue weighted by molar-refractivity contribution is -0.135. The molecule has 2 amide bonds. The molecule has 3 N–H and O–H groups in total. The Morgan fingerprint density at radius 1 is 1.11 bits per heavy atom. The van der Waals surface area contributed by atoms with Crippen molar-refractivity contribution in [1.82, 2.24) is 34.9 Å². The molecule has 2 atom stereocenters. The Bertz CT molecular complexity index is 1810. The monoisotopic (exact) mass is 663 g/mol. The number of rotatable bonds is 8. The highest BCUT2D eigenvalue weighted by Crippen LogP contribution is 2.45. The number of aliphatic imine (C=N–C) groups is 1. The molecule has 0 radical (unpaired) electrons. The van der Waals surface area contributed by atoms with Crippen molar-refractivity contribution in [3.05, 3.63) is 83.4 Å². The summed E-state index contributed by atoms with van der Waals surface area (Å²) in [5.74, 6) is -2.62. The van der Waals surface area contributed by atoms with Gasteiger partial charge in [0.15, 0.2) is 23.1 Å². The van der Waals surface area contributed by atoms with E-state index in [0.717, 1.165) is 10.5 Å². The molecule has 0 aliphatic carbocycles. The van der Waals surface area contributed by atoms with Gasteiger partial charge < -0.3 is 10.5 Å². The smallest absolute Gasteiger partial charge is 0.410 e. The van der Waals surface area contributed by atoms with Crippen molar-refractivity contribution in [2.45, 2.75) is 44.7 Å². The molecule has 4 aromatic rings. The first-order chi connectivity index (χ1) is 22.3. The van der Waals surface area contributed by atoms with Crippen LogP contribution in [-0.2, 0) is 15.1 Å². The maximum atomic E-state index is 14.8.